The molecule has 15 heteroatoms. The summed E-state index contributed by atoms with van der Waals surface area (Å²) in [5.41, 5.74) is 3.70. The van der Waals surface area contributed by atoms with E-state index >= 15 is 4.39 Å². The quantitative estimate of drug-likeness (QED) is 0.195. The number of aromatic nitrogens is 5. The molecule has 0 unspecified atom stereocenters. The van der Waals surface area contributed by atoms with Crippen LogP contribution in [0.25, 0.3) is 32.0 Å². The first-order valence-corrected chi connectivity index (χ1v) is 14.7. The van der Waals surface area contributed by atoms with Gasteiger partial charge in [0, 0.05) is 18.2 Å². The average Bonchev–Trinajstić information content (AvgIpc) is 3.41. The summed E-state index contributed by atoms with van der Waals surface area (Å²) in [4.78, 5) is 46.9. The number of aliphatic hydroxyl groups excluding tert-OH is 1. The molecule has 5 aromatic rings. The first kappa shape index (κ1) is 31.4. The highest BCUT2D eigenvalue weighted by molar-refractivity contribution is 7.21. The SMILES string of the molecule is COc1cnc2c(-c3nc4cc(F)c(O[C@@H](C)[C@@H](C)OC(=O)Nc5ccc(C(=O)NC[C@H](C)O)nc5)nc4s3)cc(C)cc2n1. The molecular weight excluding hydrogens is 605 g/mol. The molecule has 1 aromatic carbocycles. The molecule has 3 atom stereocenters. The zero-order chi connectivity index (χ0) is 32.2. The third-order valence-corrected chi connectivity index (χ3v) is 7.56. The lowest BCUT2D eigenvalue weighted by molar-refractivity contribution is 0.0379. The zero-order valence-electron chi connectivity index (χ0n) is 25.0. The fraction of sp³-hybridized carbons (Fsp3) is 0.300. The van der Waals surface area contributed by atoms with Gasteiger partial charge in [0.15, 0.2) is 5.82 Å². The molecule has 4 aromatic heterocycles. The van der Waals surface area contributed by atoms with Gasteiger partial charge in [0.25, 0.3) is 11.8 Å². The number of nitrogens with zero attached hydrogens (tertiary/aromatic N) is 5. The summed E-state index contributed by atoms with van der Waals surface area (Å²) >= 11 is 1.26. The van der Waals surface area contributed by atoms with E-state index in [9.17, 15) is 14.7 Å². The van der Waals surface area contributed by atoms with Gasteiger partial charge in [-0.3, -0.25) is 10.1 Å². The van der Waals surface area contributed by atoms with E-state index in [2.05, 4.69) is 35.6 Å². The molecule has 4 heterocycles. The van der Waals surface area contributed by atoms with Crippen LogP contribution in [0.2, 0.25) is 0 Å². The number of anilines is 1. The summed E-state index contributed by atoms with van der Waals surface area (Å²) in [6.45, 7) is 6.78. The summed E-state index contributed by atoms with van der Waals surface area (Å²) in [5, 5.41) is 14.9. The minimum Gasteiger partial charge on any atom is -0.480 e. The van der Waals surface area contributed by atoms with Gasteiger partial charge in [-0.15, -0.1) is 0 Å². The van der Waals surface area contributed by atoms with Gasteiger partial charge >= 0.3 is 6.09 Å². The number of hydrogen-bond acceptors (Lipinski definition) is 12. The number of halogens is 1. The predicted octanol–water partition coefficient (Wildman–Crippen LogP) is 4.67. The molecule has 234 valence electrons. The third kappa shape index (κ3) is 7.38. The van der Waals surface area contributed by atoms with E-state index in [0.717, 1.165) is 11.1 Å². The molecule has 0 saturated heterocycles. The molecule has 45 heavy (non-hydrogen) atoms. The number of carbonyl (C=O) groups excluding carboxylic acids is 2. The lowest BCUT2D eigenvalue weighted by Crippen LogP contribution is -2.33. The molecule has 5 rings (SSSR count). The number of aryl methyl sites for hydroxylation is 1. The molecule has 3 N–H and O–H groups in total. The number of pyridine rings is 2. The van der Waals surface area contributed by atoms with E-state index in [-0.39, 0.29) is 18.1 Å². The topological polar surface area (TPSA) is 171 Å². The number of rotatable bonds is 10. The van der Waals surface area contributed by atoms with E-state index in [0.29, 0.717) is 38.0 Å². The standard InChI is InChI=1S/C30H30FN7O6S/c1-14-8-19(25-22(9-14)36-24(42-5)13-33-25)28-37-23-10-20(31)27(38-29(23)45-28)43-16(3)17(4)44-30(41)35-18-6-7-21(32-12-18)26(40)34-11-15(2)39/h6-10,12-13,15-17,39H,11H2,1-5H3,(H,34,40)(H,35,41)/t15-,16-,17+/m0/s1. The summed E-state index contributed by atoms with van der Waals surface area (Å²) in [6.07, 6.45) is -0.241. The molecule has 0 radical (unpaired) electrons. The van der Waals surface area contributed by atoms with Crippen molar-refractivity contribution in [3.63, 3.8) is 0 Å². The number of amides is 2. The maximum absolute atomic E-state index is 15.1. The van der Waals surface area contributed by atoms with Crippen LogP contribution in [0.1, 0.15) is 36.8 Å². The number of carbonyl (C=O) groups is 2. The van der Waals surface area contributed by atoms with Crippen molar-refractivity contribution in [3.05, 3.63) is 59.8 Å². The Labute approximate surface area is 260 Å². The van der Waals surface area contributed by atoms with Crippen molar-refractivity contribution in [2.24, 2.45) is 0 Å². The predicted molar refractivity (Wildman–Crippen MR) is 165 cm³/mol. The van der Waals surface area contributed by atoms with Gasteiger partial charge in [-0.2, -0.15) is 4.98 Å². The molecule has 0 bridgehead atoms. The van der Waals surface area contributed by atoms with Crippen molar-refractivity contribution in [3.8, 4) is 22.3 Å². The number of fused-ring (bicyclic) bond motifs is 2. The van der Waals surface area contributed by atoms with Crippen molar-refractivity contribution in [2.75, 3.05) is 19.0 Å². The Morgan fingerprint density at radius 3 is 2.53 bits per heavy atom. The van der Waals surface area contributed by atoms with Crippen LogP contribution < -0.4 is 20.1 Å². The molecule has 2 amide bonds. The molecule has 0 saturated carbocycles. The second kappa shape index (κ2) is 13.3. The zero-order valence-corrected chi connectivity index (χ0v) is 25.8. The number of nitrogens with one attached hydrogen (secondary N) is 2. The molecule has 0 aliphatic heterocycles. The van der Waals surface area contributed by atoms with Crippen molar-refractivity contribution >= 4 is 50.4 Å². The van der Waals surface area contributed by atoms with Crippen LogP contribution in [0.3, 0.4) is 0 Å². The minimum atomic E-state index is -0.799. The monoisotopic (exact) mass is 635 g/mol. The van der Waals surface area contributed by atoms with Crippen molar-refractivity contribution in [2.45, 2.75) is 46.0 Å². The van der Waals surface area contributed by atoms with E-state index in [1.165, 1.54) is 49.0 Å². The summed E-state index contributed by atoms with van der Waals surface area (Å²) in [6, 6.07) is 7.98. The number of hydrogen-bond donors (Lipinski definition) is 3. The Hall–Kier alpha value is -5.02. The van der Waals surface area contributed by atoms with Gasteiger partial charge in [-0.05, 0) is 57.5 Å². The van der Waals surface area contributed by atoms with E-state index < -0.39 is 36.1 Å². The maximum atomic E-state index is 15.1. The second-order valence-corrected chi connectivity index (χ2v) is 11.2. The fourth-order valence-corrected chi connectivity index (χ4v) is 5.08. The van der Waals surface area contributed by atoms with Gasteiger partial charge in [0.2, 0.25) is 5.88 Å². The van der Waals surface area contributed by atoms with Crippen molar-refractivity contribution in [1.82, 2.24) is 30.2 Å². The van der Waals surface area contributed by atoms with Crippen LogP contribution in [0, 0.1) is 12.7 Å². The van der Waals surface area contributed by atoms with Gasteiger partial charge in [-0.1, -0.05) is 11.3 Å². The first-order chi connectivity index (χ1) is 21.5. The molecule has 0 aliphatic rings. The summed E-state index contributed by atoms with van der Waals surface area (Å²) < 4.78 is 31.4. The van der Waals surface area contributed by atoms with Crippen molar-refractivity contribution in [1.29, 1.82) is 0 Å². The van der Waals surface area contributed by atoms with Crippen LogP contribution in [0.5, 0.6) is 11.8 Å². The largest absolute Gasteiger partial charge is 0.480 e. The Kier molecular flexibility index (Phi) is 9.29. The van der Waals surface area contributed by atoms with Gasteiger partial charge in [0.05, 0.1) is 42.3 Å². The highest BCUT2D eigenvalue weighted by Crippen LogP contribution is 2.35. The number of methoxy groups -OCH3 is 1. The Bertz CT molecular complexity index is 1870. The highest BCUT2D eigenvalue weighted by Gasteiger charge is 2.23. The van der Waals surface area contributed by atoms with Crippen molar-refractivity contribution < 1.29 is 33.3 Å². The molecule has 0 aliphatic carbocycles. The Morgan fingerprint density at radius 1 is 1.02 bits per heavy atom. The van der Waals surface area contributed by atoms with E-state index in [1.54, 1.807) is 20.8 Å². The summed E-state index contributed by atoms with van der Waals surface area (Å²) in [7, 11) is 1.52. The van der Waals surface area contributed by atoms with Crippen LogP contribution in [0.4, 0.5) is 14.9 Å². The fourth-order valence-electron chi connectivity index (χ4n) is 4.15. The second-order valence-electron chi connectivity index (χ2n) is 10.3. The summed E-state index contributed by atoms with van der Waals surface area (Å²) in [5.74, 6) is -1.04. The number of benzene rings is 1. The first-order valence-electron chi connectivity index (χ1n) is 13.9. The normalized spacial score (nSPS) is 13.2. The van der Waals surface area contributed by atoms with Gasteiger partial charge in [-0.25, -0.2) is 29.1 Å². The molecule has 0 fully saturated rings. The molecule has 13 nitrogen and oxygen atoms in total. The van der Waals surface area contributed by atoms with Crippen LogP contribution in [-0.4, -0.2) is 74.0 Å². The number of aliphatic hydroxyl groups is 1. The Morgan fingerprint density at radius 2 is 1.82 bits per heavy atom. The van der Waals surface area contributed by atoms with Crippen LogP contribution >= 0.6 is 11.3 Å². The third-order valence-electron chi connectivity index (χ3n) is 6.57. The lowest BCUT2D eigenvalue weighted by atomic mass is 10.1. The highest BCUT2D eigenvalue weighted by atomic mass is 32.1. The maximum Gasteiger partial charge on any atom is 0.412 e. The van der Waals surface area contributed by atoms with Crippen LogP contribution in [0.15, 0.2) is 42.7 Å². The minimum absolute atomic E-state index is 0.0836. The Balaban J connectivity index is 1.24. The van der Waals surface area contributed by atoms with E-state index in [1.807, 2.05) is 19.1 Å². The smallest absolute Gasteiger partial charge is 0.412 e. The van der Waals surface area contributed by atoms with Gasteiger partial charge in [0.1, 0.15) is 33.3 Å². The molecular formula is C30H30FN7O6S. The van der Waals surface area contributed by atoms with Gasteiger partial charge < -0.3 is 24.6 Å². The average molecular weight is 636 g/mol. The van der Waals surface area contributed by atoms with Crippen LogP contribution in [-0.2, 0) is 4.74 Å². The number of ether oxygens (including phenoxy) is 3. The van der Waals surface area contributed by atoms with E-state index in [4.69, 9.17) is 14.2 Å². The lowest BCUT2D eigenvalue weighted by Gasteiger charge is -2.21. The number of thiazole rings is 1. The molecule has 0 spiro atoms.